The summed E-state index contributed by atoms with van der Waals surface area (Å²) in [4.78, 5) is 21.8. The Balaban J connectivity index is 1.25. The highest BCUT2D eigenvalue weighted by atomic mass is 32.1. The second-order valence-corrected chi connectivity index (χ2v) is 10.9. The van der Waals surface area contributed by atoms with Gasteiger partial charge in [0.05, 0.1) is 18.3 Å². The van der Waals surface area contributed by atoms with E-state index in [0.717, 1.165) is 47.2 Å². The number of hydrogen-bond donors (Lipinski definition) is 1. The van der Waals surface area contributed by atoms with Crippen molar-refractivity contribution in [3.63, 3.8) is 0 Å². The normalized spacial score (nSPS) is 15.5. The summed E-state index contributed by atoms with van der Waals surface area (Å²) in [5, 5.41) is 6.65. The van der Waals surface area contributed by atoms with Gasteiger partial charge in [-0.15, -0.1) is 22.7 Å². The first-order valence-corrected chi connectivity index (χ1v) is 13.3. The van der Waals surface area contributed by atoms with Gasteiger partial charge >= 0.3 is 0 Å². The fourth-order valence-corrected chi connectivity index (χ4v) is 6.74. The van der Waals surface area contributed by atoms with Crippen molar-refractivity contribution in [2.45, 2.75) is 38.4 Å². The number of aromatic nitrogens is 2. The molecule has 1 unspecified atom stereocenters. The molecule has 0 aliphatic heterocycles. The minimum Gasteiger partial charge on any atom is -0.309 e. The number of rotatable bonds is 6. The van der Waals surface area contributed by atoms with Gasteiger partial charge in [-0.3, -0.25) is 9.36 Å². The zero-order chi connectivity index (χ0) is 22.9. The fourth-order valence-electron chi connectivity index (χ4n) is 4.82. The zero-order valence-electron chi connectivity index (χ0n) is 18.7. The van der Waals surface area contributed by atoms with E-state index >= 15 is 0 Å². The van der Waals surface area contributed by atoms with Gasteiger partial charge in [0.1, 0.15) is 4.83 Å². The molecule has 3 aromatic heterocycles. The summed E-state index contributed by atoms with van der Waals surface area (Å²) in [5.74, 6) is 0. The molecule has 3 heterocycles. The number of nitrogens with one attached hydrogen (secondary N) is 1. The van der Waals surface area contributed by atoms with Crippen LogP contribution in [0.2, 0.25) is 0 Å². The summed E-state index contributed by atoms with van der Waals surface area (Å²) < 4.78 is 1.76. The molecule has 5 aromatic rings. The topological polar surface area (TPSA) is 46.9 Å². The number of hydrogen-bond acceptors (Lipinski definition) is 5. The molecule has 2 aromatic carbocycles. The van der Waals surface area contributed by atoms with Crippen molar-refractivity contribution < 1.29 is 0 Å². The Labute approximate surface area is 206 Å². The molecule has 170 valence electrons. The first-order valence-electron chi connectivity index (χ1n) is 11.6. The second-order valence-electron chi connectivity index (χ2n) is 8.83. The number of fused-ring (bicyclic) bond motifs is 3. The van der Waals surface area contributed by atoms with Crippen LogP contribution in [-0.4, -0.2) is 15.6 Å². The molecule has 1 atom stereocenters. The van der Waals surface area contributed by atoms with E-state index in [9.17, 15) is 4.79 Å². The van der Waals surface area contributed by atoms with E-state index in [4.69, 9.17) is 4.98 Å². The highest BCUT2D eigenvalue weighted by Gasteiger charge is 2.25. The van der Waals surface area contributed by atoms with Crippen LogP contribution in [0.4, 0.5) is 0 Å². The quantitative estimate of drug-likeness (QED) is 0.328. The molecule has 0 amide bonds. The van der Waals surface area contributed by atoms with Crippen LogP contribution in [0.15, 0.2) is 83.2 Å². The van der Waals surface area contributed by atoms with Crippen LogP contribution >= 0.6 is 22.7 Å². The maximum atomic E-state index is 13.5. The third-order valence-corrected chi connectivity index (χ3v) is 8.61. The summed E-state index contributed by atoms with van der Waals surface area (Å²) in [6.45, 7) is 1.44. The monoisotopic (exact) mass is 483 g/mol. The average Bonchev–Trinajstić information content (AvgIpc) is 3.53. The van der Waals surface area contributed by atoms with Crippen LogP contribution in [0.25, 0.3) is 21.3 Å². The van der Waals surface area contributed by atoms with Gasteiger partial charge < -0.3 is 5.32 Å². The van der Waals surface area contributed by atoms with Gasteiger partial charge in [-0.2, -0.15) is 0 Å². The van der Waals surface area contributed by atoms with Gasteiger partial charge in [0.25, 0.3) is 5.56 Å². The molecule has 0 radical (unpaired) electrons. The molecule has 0 saturated carbocycles. The Morgan fingerprint density at radius 2 is 1.91 bits per heavy atom. The van der Waals surface area contributed by atoms with E-state index in [0.29, 0.717) is 12.6 Å². The Bertz CT molecular complexity index is 1490. The lowest BCUT2D eigenvalue weighted by atomic mass is 9.93. The molecular weight excluding hydrogens is 458 g/mol. The molecule has 0 spiro atoms. The molecule has 6 rings (SSSR count). The van der Waals surface area contributed by atoms with E-state index in [1.165, 1.54) is 20.9 Å². The summed E-state index contributed by atoms with van der Waals surface area (Å²) in [5.41, 5.74) is 4.75. The molecule has 0 bridgehead atoms. The number of aryl methyl sites for hydroxylation is 1. The van der Waals surface area contributed by atoms with E-state index < -0.39 is 0 Å². The van der Waals surface area contributed by atoms with Crippen molar-refractivity contribution in [1.29, 1.82) is 0 Å². The predicted octanol–water partition coefficient (Wildman–Crippen LogP) is 5.88. The molecular formula is C28H25N3OS2. The third-order valence-electron chi connectivity index (χ3n) is 6.57. The number of benzene rings is 2. The minimum absolute atomic E-state index is 0.0811. The molecule has 0 saturated heterocycles. The molecule has 6 heteroatoms. The van der Waals surface area contributed by atoms with Crippen LogP contribution in [0.1, 0.15) is 27.3 Å². The van der Waals surface area contributed by atoms with Crippen LogP contribution in [-0.2, 0) is 25.9 Å². The Morgan fingerprint density at radius 1 is 1.03 bits per heavy atom. The van der Waals surface area contributed by atoms with Gasteiger partial charge in [-0.05, 0) is 59.0 Å². The van der Waals surface area contributed by atoms with Crippen LogP contribution in [0, 0.1) is 0 Å². The maximum absolute atomic E-state index is 13.5. The smallest absolute Gasteiger partial charge is 0.262 e. The molecule has 1 aliphatic rings. The maximum Gasteiger partial charge on any atom is 0.262 e. The van der Waals surface area contributed by atoms with Crippen molar-refractivity contribution >= 4 is 32.9 Å². The standard InChI is InChI=1S/C28H25N3OS2/c32-28-26-24-12-11-22(29-16-23-10-5-13-33-23)15-25(24)34-27(26)30-18-31(28)17-19-6-4-9-21(14-19)20-7-2-1-3-8-20/h1-10,13-14,18,22,29H,11-12,15-17H2. The predicted molar refractivity (Wildman–Crippen MR) is 142 cm³/mol. The zero-order valence-corrected chi connectivity index (χ0v) is 20.4. The van der Waals surface area contributed by atoms with E-state index in [1.54, 1.807) is 33.6 Å². The number of nitrogens with zero attached hydrogens (tertiary/aromatic N) is 2. The SMILES string of the molecule is O=c1c2c3c(sc2ncn1Cc1cccc(-c2ccccc2)c1)CC(NCc1cccs1)CC3. The summed E-state index contributed by atoms with van der Waals surface area (Å²) in [7, 11) is 0. The lowest BCUT2D eigenvalue weighted by Crippen LogP contribution is -2.33. The van der Waals surface area contributed by atoms with Gasteiger partial charge in [0.15, 0.2) is 0 Å². The molecule has 34 heavy (non-hydrogen) atoms. The van der Waals surface area contributed by atoms with Crippen molar-refractivity contribution in [3.8, 4) is 11.1 Å². The van der Waals surface area contributed by atoms with Crippen molar-refractivity contribution in [3.05, 3.63) is 110 Å². The Morgan fingerprint density at radius 3 is 2.76 bits per heavy atom. The Hall–Kier alpha value is -3.06. The van der Waals surface area contributed by atoms with Crippen LogP contribution < -0.4 is 10.9 Å². The third kappa shape index (κ3) is 4.25. The van der Waals surface area contributed by atoms with E-state index in [1.807, 2.05) is 18.2 Å². The molecule has 1 aliphatic carbocycles. The Kier molecular flexibility index (Phi) is 5.87. The second kappa shape index (κ2) is 9.29. The number of thiophene rings is 2. The van der Waals surface area contributed by atoms with Crippen molar-refractivity contribution in [1.82, 2.24) is 14.9 Å². The summed E-state index contributed by atoms with van der Waals surface area (Å²) in [6, 6.07) is 23.5. The largest absolute Gasteiger partial charge is 0.309 e. The molecule has 1 N–H and O–H groups in total. The van der Waals surface area contributed by atoms with E-state index in [2.05, 4.69) is 59.2 Å². The van der Waals surface area contributed by atoms with Crippen molar-refractivity contribution in [2.24, 2.45) is 0 Å². The van der Waals surface area contributed by atoms with Gasteiger partial charge in [0, 0.05) is 22.3 Å². The first-order chi connectivity index (χ1) is 16.7. The summed E-state index contributed by atoms with van der Waals surface area (Å²) in [6.07, 6.45) is 4.67. The molecule has 0 fully saturated rings. The highest BCUT2D eigenvalue weighted by molar-refractivity contribution is 7.18. The lowest BCUT2D eigenvalue weighted by molar-refractivity contribution is 0.464. The van der Waals surface area contributed by atoms with Gasteiger partial charge in [-0.1, -0.05) is 54.6 Å². The average molecular weight is 484 g/mol. The summed E-state index contributed by atoms with van der Waals surface area (Å²) >= 11 is 3.48. The van der Waals surface area contributed by atoms with Gasteiger partial charge in [0.2, 0.25) is 0 Å². The minimum atomic E-state index is 0.0811. The lowest BCUT2D eigenvalue weighted by Gasteiger charge is -2.23. The van der Waals surface area contributed by atoms with Crippen LogP contribution in [0.3, 0.4) is 0 Å². The van der Waals surface area contributed by atoms with E-state index in [-0.39, 0.29) is 5.56 Å². The van der Waals surface area contributed by atoms with Gasteiger partial charge in [-0.25, -0.2) is 4.98 Å². The fraction of sp³-hybridized carbons (Fsp3) is 0.214. The highest BCUT2D eigenvalue weighted by Crippen LogP contribution is 2.34. The molecule has 4 nitrogen and oxygen atoms in total. The first kappa shape index (κ1) is 21.5. The van der Waals surface area contributed by atoms with Crippen LogP contribution in [0.5, 0.6) is 0 Å². The van der Waals surface area contributed by atoms with Crippen molar-refractivity contribution in [2.75, 3.05) is 0 Å².